The van der Waals surface area contributed by atoms with Crippen LogP contribution in [0.2, 0.25) is 0 Å². The Morgan fingerprint density at radius 1 is 1.50 bits per heavy atom. The van der Waals surface area contributed by atoms with Crippen molar-refractivity contribution in [2.45, 2.75) is 33.2 Å². The van der Waals surface area contributed by atoms with E-state index >= 15 is 0 Å². The Morgan fingerprint density at radius 2 is 2.20 bits per heavy atom. The fraction of sp³-hybridized carbons (Fsp3) is 0.615. The number of carbonyl (C=O) groups excluding carboxylic acids is 3. The summed E-state index contributed by atoms with van der Waals surface area (Å²) in [6, 6.07) is 0.0605. The fourth-order valence-corrected chi connectivity index (χ4v) is 2.48. The molecule has 1 aliphatic heterocycles. The average Bonchev–Trinajstić information content (AvgIpc) is 2.71. The number of esters is 1. The number of rotatable bonds is 6. The van der Waals surface area contributed by atoms with E-state index in [1.807, 2.05) is 13.8 Å². The zero-order valence-electron chi connectivity index (χ0n) is 12.0. The Bertz CT molecular complexity index is 423. The van der Waals surface area contributed by atoms with Gasteiger partial charge in [0.1, 0.15) is 6.54 Å². The number of ether oxygens (including phenoxy) is 1. The SMILES string of the molecule is CCOC(=O)/C=C1\SCC(=O)N1CC(=O)N[C@H](C)CC. The average molecular weight is 300 g/mol. The maximum absolute atomic E-state index is 11.8. The van der Waals surface area contributed by atoms with E-state index in [9.17, 15) is 14.4 Å². The van der Waals surface area contributed by atoms with Gasteiger partial charge in [-0.2, -0.15) is 0 Å². The molecule has 20 heavy (non-hydrogen) atoms. The molecule has 7 heteroatoms. The summed E-state index contributed by atoms with van der Waals surface area (Å²) in [7, 11) is 0. The summed E-state index contributed by atoms with van der Waals surface area (Å²) in [5.74, 6) is -0.672. The van der Waals surface area contributed by atoms with Gasteiger partial charge in [0, 0.05) is 6.04 Å². The molecule has 0 aromatic rings. The van der Waals surface area contributed by atoms with Crippen molar-refractivity contribution in [3.05, 3.63) is 11.1 Å². The molecule has 1 saturated heterocycles. The molecule has 0 aliphatic carbocycles. The largest absolute Gasteiger partial charge is 0.463 e. The second-order valence-corrected chi connectivity index (χ2v) is 5.38. The molecule has 0 radical (unpaired) electrons. The summed E-state index contributed by atoms with van der Waals surface area (Å²) in [6.07, 6.45) is 2.08. The van der Waals surface area contributed by atoms with Gasteiger partial charge < -0.3 is 10.1 Å². The van der Waals surface area contributed by atoms with Gasteiger partial charge in [-0.05, 0) is 20.3 Å². The first kappa shape index (κ1) is 16.6. The predicted octanol–water partition coefficient (Wildman–Crippen LogP) is 0.881. The standard InChI is InChI=1S/C13H20N2O4S/c1-4-9(3)14-10(16)7-15-11(17)8-20-12(15)6-13(18)19-5-2/h6,9H,4-5,7-8H2,1-3H3,(H,14,16)/b12-6-/t9-/m1/s1. The minimum atomic E-state index is -0.503. The Morgan fingerprint density at radius 3 is 2.80 bits per heavy atom. The lowest BCUT2D eigenvalue weighted by Gasteiger charge is -2.18. The molecule has 2 amide bonds. The molecule has 0 bridgehead atoms. The van der Waals surface area contributed by atoms with Gasteiger partial charge in [0.05, 0.1) is 23.5 Å². The summed E-state index contributed by atoms with van der Waals surface area (Å²) in [5, 5.41) is 3.26. The number of thioether (sulfide) groups is 1. The third-order valence-corrected chi connectivity index (χ3v) is 3.79. The Kier molecular flexibility index (Phi) is 6.57. The molecule has 0 unspecified atom stereocenters. The molecule has 1 heterocycles. The molecule has 0 spiro atoms. The van der Waals surface area contributed by atoms with Crippen molar-refractivity contribution in [2.75, 3.05) is 18.9 Å². The fourth-order valence-electron chi connectivity index (χ4n) is 1.55. The van der Waals surface area contributed by atoms with Crippen LogP contribution in [0.3, 0.4) is 0 Å². The zero-order valence-corrected chi connectivity index (χ0v) is 12.8. The van der Waals surface area contributed by atoms with Crippen LogP contribution in [-0.2, 0) is 19.1 Å². The quantitative estimate of drug-likeness (QED) is 0.582. The highest BCUT2D eigenvalue weighted by atomic mass is 32.2. The maximum atomic E-state index is 11.8. The van der Waals surface area contributed by atoms with E-state index in [2.05, 4.69) is 5.32 Å². The molecular weight excluding hydrogens is 280 g/mol. The van der Waals surface area contributed by atoms with Crippen molar-refractivity contribution < 1.29 is 19.1 Å². The van der Waals surface area contributed by atoms with Gasteiger partial charge in [0.15, 0.2) is 0 Å². The van der Waals surface area contributed by atoms with Gasteiger partial charge in [0.25, 0.3) is 0 Å². The summed E-state index contributed by atoms with van der Waals surface area (Å²) in [6.45, 7) is 5.78. The first-order valence-electron chi connectivity index (χ1n) is 6.58. The molecule has 0 aromatic carbocycles. The van der Waals surface area contributed by atoms with Crippen molar-refractivity contribution in [1.29, 1.82) is 0 Å². The minimum absolute atomic E-state index is 0.0605. The number of carbonyl (C=O) groups is 3. The number of hydrogen-bond acceptors (Lipinski definition) is 5. The highest BCUT2D eigenvalue weighted by molar-refractivity contribution is 8.04. The van der Waals surface area contributed by atoms with Crippen molar-refractivity contribution in [1.82, 2.24) is 10.2 Å². The van der Waals surface area contributed by atoms with E-state index in [1.165, 1.54) is 22.7 Å². The van der Waals surface area contributed by atoms with Gasteiger partial charge in [-0.15, -0.1) is 0 Å². The van der Waals surface area contributed by atoms with E-state index in [0.717, 1.165) is 6.42 Å². The zero-order chi connectivity index (χ0) is 15.1. The number of hydrogen-bond donors (Lipinski definition) is 1. The molecule has 1 fully saturated rings. The normalized spacial score (nSPS) is 18.2. The smallest absolute Gasteiger partial charge is 0.333 e. The summed E-state index contributed by atoms with van der Waals surface area (Å²) >= 11 is 1.24. The number of amides is 2. The van der Waals surface area contributed by atoms with E-state index in [1.54, 1.807) is 6.92 Å². The lowest BCUT2D eigenvalue weighted by atomic mass is 10.2. The van der Waals surface area contributed by atoms with Crippen LogP contribution in [0.1, 0.15) is 27.2 Å². The van der Waals surface area contributed by atoms with Crippen molar-refractivity contribution in [2.24, 2.45) is 0 Å². The van der Waals surface area contributed by atoms with Crippen LogP contribution in [-0.4, -0.2) is 47.6 Å². The van der Waals surface area contributed by atoms with Crippen LogP contribution < -0.4 is 5.32 Å². The summed E-state index contributed by atoms with van der Waals surface area (Å²) in [5.41, 5.74) is 0. The minimum Gasteiger partial charge on any atom is -0.463 e. The van der Waals surface area contributed by atoms with Gasteiger partial charge in [-0.3, -0.25) is 14.5 Å². The van der Waals surface area contributed by atoms with E-state index in [4.69, 9.17) is 4.74 Å². The van der Waals surface area contributed by atoms with E-state index in [0.29, 0.717) is 5.03 Å². The molecule has 1 N–H and O–H groups in total. The Labute approximate surface area is 122 Å². The van der Waals surface area contributed by atoms with Gasteiger partial charge in [-0.1, -0.05) is 18.7 Å². The molecule has 1 rings (SSSR count). The third kappa shape index (κ3) is 4.88. The number of nitrogens with one attached hydrogen (secondary N) is 1. The van der Waals surface area contributed by atoms with Gasteiger partial charge >= 0.3 is 5.97 Å². The monoisotopic (exact) mass is 300 g/mol. The third-order valence-electron chi connectivity index (χ3n) is 2.76. The topological polar surface area (TPSA) is 75.7 Å². The van der Waals surface area contributed by atoms with Crippen LogP contribution in [0.25, 0.3) is 0 Å². The van der Waals surface area contributed by atoms with Crippen LogP contribution in [0, 0.1) is 0 Å². The Hall–Kier alpha value is -1.50. The van der Waals surface area contributed by atoms with Gasteiger partial charge in [-0.25, -0.2) is 4.79 Å². The second-order valence-electron chi connectivity index (χ2n) is 4.38. The number of nitrogens with zero attached hydrogens (tertiary/aromatic N) is 1. The highest BCUT2D eigenvalue weighted by Crippen LogP contribution is 2.28. The molecule has 0 saturated carbocycles. The molecule has 0 aromatic heterocycles. The first-order chi connectivity index (χ1) is 9.47. The van der Waals surface area contributed by atoms with E-state index < -0.39 is 5.97 Å². The lowest BCUT2D eigenvalue weighted by Crippen LogP contribution is -2.41. The van der Waals surface area contributed by atoms with Gasteiger partial charge in [0.2, 0.25) is 11.8 Å². The molecular formula is C13H20N2O4S. The molecule has 1 atom stereocenters. The molecule has 6 nitrogen and oxygen atoms in total. The highest BCUT2D eigenvalue weighted by Gasteiger charge is 2.29. The van der Waals surface area contributed by atoms with Crippen LogP contribution in [0.15, 0.2) is 11.1 Å². The van der Waals surface area contributed by atoms with Crippen LogP contribution in [0.5, 0.6) is 0 Å². The van der Waals surface area contributed by atoms with Crippen molar-refractivity contribution in [3.8, 4) is 0 Å². The second kappa shape index (κ2) is 7.94. The van der Waals surface area contributed by atoms with Crippen LogP contribution in [0.4, 0.5) is 0 Å². The van der Waals surface area contributed by atoms with E-state index in [-0.39, 0.29) is 36.8 Å². The molecule has 1 aliphatic rings. The van der Waals surface area contributed by atoms with Crippen molar-refractivity contribution in [3.63, 3.8) is 0 Å². The summed E-state index contributed by atoms with van der Waals surface area (Å²) in [4.78, 5) is 36.3. The predicted molar refractivity (Wildman–Crippen MR) is 76.8 cm³/mol. The Balaban J connectivity index is 2.67. The summed E-state index contributed by atoms with van der Waals surface area (Å²) < 4.78 is 4.81. The lowest BCUT2D eigenvalue weighted by molar-refractivity contribution is -0.137. The van der Waals surface area contributed by atoms with Crippen molar-refractivity contribution >= 4 is 29.5 Å². The molecule has 112 valence electrons. The van der Waals surface area contributed by atoms with Crippen LogP contribution >= 0.6 is 11.8 Å². The first-order valence-corrected chi connectivity index (χ1v) is 7.57. The maximum Gasteiger partial charge on any atom is 0.333 e.